The first-order valence-electron chi connectivity index (χ1n) is 10.8. The number of para-hydroxylation sites is 1. The van der Waals surface area contributed by atoms with Crippen molar-refractivity contribution in [1.82, 2.24) is 19.1 Å². The molecule has 9 heteroatoms. The zero-order valence-electron chi connectivity index (χ0n) is 17.9. The van der Waals surface area contributed by atoms with E-state index in [2.05, 4.69) is 15.3 Å². The van der Waals surface area contributed by atoms with Crippen LogP contribution in [0.3, 0.4) is 0 Å². The van der Waals surface area contributed by atoms with Gasteiger partial charge < -0.3 is 19.7 Å². The topological polar surface area (TPSA) is 114 Å². The van der Waals surface area contributed by atoms with Gasteiger partial charge in [-0.05, 0) is 31.4 Å². The van der Waals surface area contributed by atoms with E-state index < -0.39 is 17.4 Å². The summed E-state index contributed by atoms with van der Waals surface area (Å²) in [6.07, 6.45) is 4.68. The van der Waals surface area contributed by atoms with Crippen LogP contribution in [0.1, 0.15) is 37.7 Å². The Labute approximate surface area is 179 Å². The number of aryl methyl sites for hydroxylation is 2. The third kappa shape index (κ3) is 4.51. The first kappa shape index (κ1) is 21.2. The van der Waals surface area contributed by atoms with Gasteiger partial charge in [0.2, 0.25) is 5.95 Å². The second-order valence-electron chi connectivity index (χ2n) is 8.25. The van der Waals surface area contributed by atoms with Gasteiger partial charge in [0, 0.05) is 13.1 Å². The molecule has 166 valence electrons. The van der Waals surface area contributed by atoms with Gasteiger partial charge in [-0.15, -0.1) is 0 Å². The highest BCUT2D eigenvalue weighted by molar-refractivity contribution is 5.74. The van der Waals surface area contributed by atoms with E-state index in [-0.39, 0.29) is 24.7 Å². The predicted molar refractivity (Wildman–Crippen MR) is 119 cm³/mol. The van der Waals surface area contributed by atoms with E-state index in [9.17, 15) is 14.7 Å². The van der Waals surface area contributed by atoms with Crippen LogP contribution in [0.4, 0.5) is 5.95 Å². The third-order valence-electron chi connectivity index (χ3n) is 5.86. The van der Waals surface area contributed by atoms with Gasteiger partial charge in [-0.1, -0.05) is 37.5 Å². The molecule has 1 aliphatic rings. The molecule has 2 aromatic heterocycles. The summed E-state index contributed by atoms with van der Waals surface area (Å²) in [7, 11) is 1.57. The Balaban J connectivity index is 1.63. The molecule has 2 heterocycles. The lowest BCUT2D eigenvalue weighted by atomic mass is 9.96. The molecule has 0 amide bonds. The SMILES string of the molecule is Cc1ccccc1OC[C@H](O)Cn1c(NC2CCCCC2)nc2c1c(=O)[nH]c(=O)n2C. The molecule has 9 nitrogen and oxygen atoms in total. The van der Waals surface area contributed by atoms with Gasteiger partial charge >= 0.3 is 5.69 Å². The Morgan fingerprint density at radius 2 is 2.00 bits per heavy atom. The van der Waals surface area contributed by atoms with Crippen LogP contribution >= 0.6 is 0 Å². The molecule has 31 heavy (non-hydrogen) atoms. The molecule has 0 spiro atoms. The van der Waals surface area contributed by atoms with E-state index in [4.69, 9.17) is 4.74 Å². The fourth-order valence-electron chi connectivity index (χ4n) is 4.12. The summed E-state index contributed by atoms with van der Waals surface area (Å²) < 4.78 is 8.75. The van der Waals surface area contributed by atoms with Crippen molar-refractivity contribution < 1.29 is 9.84 Å². The van der Waals surface area contributed by atoms with E-state index in [1.54, 1.807) is 11.6 Å². The highest BCUT2D eigenvalue weighted by atomic mass is 16.5. The van der Waals surface area contributed by atoms with Gasteiger partial charge in [0.1, 0.15) is 18.5 Å². The molecule has 3 N–H and O–H groups in total. The maximum Gasteiger partial charge on any atom is 0.329 e. The van der Waals surface area contributed by atoms with Crippen LogP contribution in [0.5, 0.6) is 5.75 Å². The van der Waals surface area contributed by atoms with Crippen LogP contribution in [0.25, 0.3) is 11.2 Å². The second-order valence-corrected chi connectivity index (χ2v) is 8.25. The number of fused-ring (bicyclic) bond motifs is 1. The Morgan fingerprint density at radius 1 is 1.26 bits per heavy atom. The highest BCUT2D eigenvalue weighted by Crippen LogP contribution is 2.24. The van der Waals surface area contributed by atoms with Gasteiger partial charge in [0.05, 0.1) is 6.54 Å². The fraction of sp³-hybridized carbons (Fsp3) is 0.500. The number of hydrogen-bond donors (Lipinski definition) is 3. The van der Waals surface area contributed by atoms with Crippen molar-refractivity contribution in [2.45, 2.75) is 57.7 Å². The third-order valence-corrected chi connectivity index (χ3v) is 5.86. The Morgan fingerprint density at radius 3 is 2.74 bits per heavy atom. The molecule has 0 aliphatic heterocycles. The Bertz CT molecular complexity index is 1170. The van der Waals surface area contributed by atoms with Crippen LogP contribution in [-0.2, 0) is 13.6 Å². The second kappa shape index (κ2) is 8.97. The number of aromatic nitrogens is 4. The largest absolute Gasteiger partial charge is 0.491 e. The molecule has 0 saturated heterocycles. The molecular formula is C22H29N5O4. The monoisotopic (exact) mass is 427 g/mol. The van der Waals surface area contributed by atoms with E-state index >= 15 is 0 Å². The van der Waals surface area contributed by atoms with Gasteiger partial charge in [0.25, 0.3) is 5.56 Å². The number of anilines is 1. The summed E-state index contributed by atoms with van der Waals surface area (Å²) in [5.74, 6) is 1.20. The van der Waals surface area contributed by atoms with Crippen molar-refractivity contribution in [1.29, 1.82) is 0 Å². The Kier molecular flexibility index (Phi) is 6.13. The average molecular weight is 428 g/mol. The van der Waals surface area contributed by atoms with E-state index in [0.29, 0.717) is 17.3 Å². The molecule has 1 aromatic carbocycles. The smallest absolute Gasteiger partial charge is 0.329 e. The number of aromatic amines is 1. The Hall–Kier alpha value is -3.07. The average Bonchev–Trinajstić information content (AvgIpc) is 3.10. The summed E-state index contributed by atoms with van der Waals surface area (Å²) >= 11 is 0. The van der Waals surface area contributed by atoms with Crippen LogP contribution in [0.15, 0.2) is 33.9 Å². The number of ether oxygens (including phenoxy) is 1. The van der Waals surface area contributed by atoms with Crippen molar-refractivity contribution in [3.8, 4) is 5.75 Å². The lowest BCUT2D eigenvalue weighted by molar-refractivity contribution is 0.0934. The molecular weight excluding hydrogens is 398 g/mol. The van der Waals surface area contributed by atoms with E-state index in [1.807, 2.05) is 31.2 Å². The zero-order chi connectivity index (χ0) is 22.0. The van der Waals surface area contributed by atoms with Gasteiger partial charge in [0.15, 0.2) is 11.2 Å². The standard InChI is InChI=1S/C22H29N5O4/c1-14-8-6-7-11-17(14)31-13-16(28)12-27-18-19(26(2)22(30)25-20(18)29)24-21(27)23-15-9-4-3-5-10-15/h6-8,11,15-16,28H,3-5,9-10,12-13H2,1-2H3,(H,23,24)(H,25,29,30)/t16-/m1/s1. The first-order chi connectivity index (χ1) is 14.9. The lowest BCUT2D eigenvalue weighted by Crippen LogP contribution is -2.31. The fourth-order valence-corrected chi connectivity index (χ4v) is 4.12. The van der Waals surface area contributed by atoms with Crippen LogP contribution in [0, 0.1) is 6.92 Å². The molecule has 1 saturated carbocycles. The number of aliphatic hydroxyl groups is 1. The number of nitrogens with zero attached hydrogens (tertiary/aromatic N) is 3. The molecule has 3 aromatic rings. The first-order valence-corrected chi connectivity index (χ1v) is 10.8. The van der Waals surface area contributed by atoms with Crippen LogP contribution in [0.2, 0.25) is 0 Å². The van der Waals surface area contributed by atoms with Crippen molar-refractivity contribution >= 4 is 17.1 Å². The van der Waals surface area contributed by atoms with E-state index in [0.717, 1.165) is 31.2 Å². The predicted octanol–water partition coefficient (Wildman–Crippen LogP) is 1.92. The van der Waals surface area contributed by atoms with Crippen molar-refractivity contribution in [3.63, 3.8) is 0 Å². The number of benzene rings is 1. The van der Waals surface area contributed by atoms with Gasteiger partial charge in [-0.2, -0.15) is 4.98 Å². The molecule has 0 bridgehead atoms. The number of hydrogen-bond acceptors (Lipinski definition) is 6. The minimum atomic E-state index is -0.874. The molecule has 1 atom stereocenters. The molecule has 4 rings (SSSR count). The van der Waals surface area contributed by atoms with Crippen molar-refractivity contribution in [2.75, 3.05) is 11.9 Å². The number of nitrogens with one attached hydrogen (secondary N) is 2. The number of aliphatic hydroxyl groups excluding tert-OH is 1. The number of imidazole rings is 1. The van der Waals surface area contributed by atoms with Crippen molar-refractivity contribution in [2.24, 2.45) is 7.05 Å². The van der Waals surface area contributed by atoms with Gasteiger partial charge in [-0.25, -0.2) is 4.79 Å². The minimum Gasteiger partial charge on any atom is -0.491 e. The molecule has 1 fully saturated rings. The maximum absolute atomic E-state index is 12.6. The molecule has 0 radical (unpaired) electrons. The van der Waals surface area contributed by atoms with Crippen LogP contribution < -0.4 is 21.3 Å². The van der Waals surface area contributed by atoms with E-state index in [1.165, 1.54) is 11.0 Å². The molecule has 1 aliphatic carbocycles. The number of H-pyrrole nitrogens is 1. The zero-order valence-corrected chi connectivity index (χ0v) is 17.9. The summed E-state index contributed by atoms with van der Waals surface area (Å²) in [5, 5.41) is 14.1. The lowest BCUT2D eigenvalue weighted by Gasteiger charge is -2.24. The summed E-state index contributed by atoms with van der Waals surface area (Å²) in [6, 6.07) is 7.85. The normalized spacial score (nSPS) is 15.8. The minimum absolute atomic E-state index is 0.0665. The summed E-state index contributed by atoms with van der Waals surface area (Å²) in [6.45, 7) is 2.12. The molecule has 0 unspecified atom stereocenters. The quantitative estimate of drug-likeness (QED) is 0.531. The van der Waals surface area contributed by atoms with Gasteiger partial charge in [-0.3, -0.25) is 14.3 Å². The summed E-state index contributed by atoms with van der Waals surface area (Å²) in [4.78, 5) is 31.5. The maximum atomic E-state index is 12.6. The summed E-state index contributed by atoms with van der Waals surface area (Å²) in [5.41, 5.74) is 0.493. The highest BCUT2D eigenvalue weighted by Gasteiger charge is 2.22. The number of rotatable bonds is 7. The van der Waals surface area contributed by atoms with Crippen molar-refractivity contribution in [3.05, 3.63) is 50.7 Å². The van der Waals surface area contributed by atoms with Crippen LogP contribution in [-0.4, -0.2) is 43.0 Å².